The number of sulfonamides is 1. The van der Waals surface area contributed by atoms with Crippen molar-refractivity contribution in [3.05, 3.63) is 59.2 Å². The SMILES string of the molecule is O=C(NC1CC1)c1ccc(S(=O)(=O)Nc2cc(F)c(C(=O)O)c(F)c2)cc1. The minimum Gasteiger partial charge on any atom is -0.477 e. The standard InChI is InChI=1S/C17H14F2N2O5S/c18-13-7-11(8-14(19)15(13)17(23)24)21-27(25,26)12-5-1-9(2-6-12)16(22)20-10-3-4-10/h1-2,5-8,10,21H,3-4H2,(H,20,22)(H,23,24). The van der Waals surface area contributed by atoms with Crippen LogP contribution in [0.3, 0.4) is 0 Å². The molecular weight excluding hydrogens is 382 g/mol. The van der Waals surface area contributed by atoms with Crippen molar-refractivity contribution in [2.45, 2.75) is 23.8 Å². The van der Waals surface area contributed by atoms with Crippen LogP contribution >= 0.6 is 0 Å². The van der Waals surface area contributed by atoms with Crippen molar-refractivity contribution in [2.24, 2.45) is 0 Å². The highest BCUT2D eigenvalue weighted by Gasteiger charge is 2.24. The van der Waals surface area contributed by atoms with Crippen LogP contribution in [0.2, 0.25) is 0 Å². The Bertz CT molecular complexity index is 995. The highest BCUT2D eigenvalue weighted by atomic mass is 32.2. The molecule has 1 aliphatic rings. The predicted octanol–water partition coefficient (Wildman–Crippen LogP) is 2.36. The minimum absolute atomic E-state index is 0.154. The first-order chi connectivity index (χ1) is 12.7. The average molecular weight is 396 g/mol. The Morgan fingerprint density at radius 2 is 1.59 bits per heavy atom. The van der Waals surface area contributed by atoms with Gasteiger partial charge < -0.3 is 10.4 Å². The number of rotatable bonds is 6. The summed E-state index contributed by atoms with van der Waals surface area (Å²) in [5, 5.41) is 11.5. The highest BCUT2D eigenvalue weighted by molar-refractivity contribution is 7.92. The third-order valence-corrected chi connectivity index (χ3v) is 5.24. The van der Waals surface area contributed by atoms with E-state index in [2.05, 4.69) is 5.32 Å². The van der Waals surface area contributed by atoms with Gasteiger partial charge in [-0.3, -0.25) is 9.52 Å². The molecular formula is C17H14F2N2O5S. The molecule has 1 fully saturated rings. The molecule has 0 unspecified atom stereocenters. The predicted molar refractivity (Wildman–Crippen MR) is 91.1 cm³/mol. The molecule has 0 aliphatic heterocycles. The van der Waals surface area contributed by atoms with Crippen molar-refractivity contribution in [3.8, 4) is 0 Å². The van der Waals surface area contributed by atoms with Gasteiger partial charge in [-0.05, 0) is 49.2 Å². The Kier molecular flexibility index (Phi) is 4.83. The third-order valence-electron chi connectivity index (χ3n) is 3.85. The van der Waals surface area contributed by atoms with E-state index in [1.165, 1.54) is 24.3 Å². The molecule has 2 aromatic carbocycles. The van der Waals surface area contributed by atoms with Crippen molar-refractivity contribution in [2.75, 3.05) is 4.72 Å². The van der Waals surface area contributed by atoms with Gasteiger partial charge in [-0.2, -0.15) is 0 Å². The van der Waals surface area contributed by atoms with Crippen LogP contribution in [0.25, 0.3) is 0 Å². The quantitative estimate of drug-likeness (QED) is 0.694. The molecule has 0 atom stereocenters. The number of aromatic carboxylic acids is 1. The molecule has 1 amide bonds. The summed E-state index contributed by atoms with van der Waals surface area (Å²) in [4.78, 5) is 22.4. The molecule has 3 N–H and O–H groups in total. The van der Waals surface area contributed by atoms with E-state index in [0.29, 0.717) is 12.1 Å². The Morgan fingerprint density at radius 1 is 1.04 bits per heavy atom. The van der Waals surface area contributed by atoms with Gasteiger partial charge >= 0.3 is 5.97 Å². The molecule has 1 aliphatic carbocycles. The fraction of sp³-hybridized carbons (Fsp3) is 0.176. The molecule has 0 aromatic heterocycles. The maximum Gasteiger partial charge on any atom is 0.341 e. The monoisotopic (exact) mass is 396 g/mol. The number of halogens is 2. The van der Waals surface area contributed by atoms with Crippen LogP contribution in [-0.2, 0) is 10.0 Å². The van der Waals surface area contributed by atoms with E-state index in [0.717, 1.165) is 12.8 Å². The summed E-state index contributed by atoms with van der Waals surface area (Å²) < 4.78 is 54.0. The van der Waals surface area contributed by atoms with Crippen molar-refractivity contribution >= 4 is 27.6 Å². The van der Waals surface area contributed by atoms with Gasteiger partial charge in [0.25, 0.3) is 15.9 Å². The van der Waals surface area contributed by atoms with E-state index in [1.54, 1.807) is 0 Å². The first-order valence-corrected chi connectivity index (χ1v) is 9.32. The molecule has 0 spiro atoms. The Morgan fingerprint density at radius 3 is 2.07 bits per heavy atom. The molecule has 7 nitrogen and oxygen atoms in total. The van der Waals surface area contributed by atoms with Gasteiger partial charge in [0.2, 0.25) is 0 Å². The fourth-order valence-corrected chi connectivity index (χ4v) is 3.37. The van der Waals surface area contributed by atoms with Crippen LogP contribution in [-0.4, -0.2) is 31.4 Å². The van der Waals surface area contributed by atoms with Gasteiger partial charge in [-0.15, -0.1) is 0 Å². The number of carbonyl (C=O) groups is 2. The molecule has 0 radical (unpaired) electrons. The summed E-state index contributed by atoms with van der Waals surface area (Å²) in [5.41, 5.74) is -1.36. The van der Waals surface area contributed by atoms with Crippen LogP contribution < -0.4 is 10.0 Å². The van der Waals surface area contributed by atoms with Crippen molar-refractivity contribution in [1.82, 2.24) is 5.32 Å². The number of carboxylic acids is 1. The molecule has 2 aromatic rings. The van der Waals surface area contributed by atoms with Crippen LogP contribution in [0.4, 0.5) is 14.5 Å². The van der Waals surface area contributed by atoms with Gasteiger partial charge in [0, 0.05) is 11.6 Å². The molecule has 3 rings (SSSR count). The second-order valence-corrected chi connectivity index (χ2v) is 7.68. The largest absolute Gasteiger partial charge is 0.477 e. The van der Waals surface area contributed by atoms with Crippen molar-refractivity contribution in [1.29, 1.82) is 0 Å². The molecule has 0 bridgehead atoms. The number of hydrogen-bond acceptors (Lipinski definition) is 4. The summed E-state index contributed by atoms with van der Waals surface area (Å²) in [7, 11) is -4.20. The van der Waals surface area contributed by atoms with E-state index >= 15 is 0 Å². The summed E-state index contributed by atoms with van der Waals surface area (Å²) in [5.74, 6) is -4.94. The average Bonchev–Trinajstić information content (AvgIpc) is 3.37. The maximum absolute atomic E-state index is 13.7. The lowest BCUT2D eigenvalue weighted by atomic mass is 10.2. The number of carboxylic acid groups (broad SMARTS) is 1. The minimum atomic E-state index is -4.20. The van der Waals surface area contributed by atoms with Crippen LogP contribution in [0, 0.1) is 11.6 Å². The van der Waals surface area contributed by atoms with Gasteiger partial charge in [0.15, 0.2) is 0 Å². The van der Waals surface area contributed by atoms with Crippen molar-refractivity contribution in [3.63, 3.8) is 0 Å². The van der Waals surface area contributed by atoms with E-state index in [1.807, 2.05) is 4.72 Å². The smallest absolute Gasteiger partial charge is 0.341 e. The van der Waals surface area contributed by atoms with Gasteiger partial charge in [0.05, 0.1) is 10.6 Å². The van der Waals surface area contributed by atoms with E-state index in [4.69, 9.17) is 5.11 Å². The summed E-state index contributed by atoms with van der Waals surface area (Å²) in [6.45, 7) is 0. The Labute approximate surface area is 153 Å². The third kappa shape index (κ3) is 4.22. The Balaban J connectivity index is 1.80. The molecule has 0 heterocycles. The first kappa shape index (κ1) is 18.8. The lowest BCUT2D eigenvalue weighted by Crippen LogP contribution is -2.25. The first-order valence-electron chi connectivity index (χ1n) is 7.83. The lowest BCUT2D eigenvalue weighted by Gasteiger charge is -2.10. The normalized spacial score (nSPS) is 13.9. The second-order valence-electron chi connectivity index (χ2n) is 6.00. The second kappa shape index (κ2) is 6.95. The summed E-state index contributed by atoms with van der Waals surface area (Å²) in [6.07, 6.45) is 1.83. The van der Waals surface area contributed by atoms with Gasteiger partial charge in [-0.25, -0.2) is 22.0 Å². The molecule has 1 saturated carbocycles. The number of amides is 1. The molecule has 10 heteroatoms. The molecule has 142 valence electrons. The molecule has 27 heavy (non-hydrogen) atoms. The van der Waals surface area contributed by atoms with E-state index in [9.17, 15) is 26.8 Å². The van der Waals surface area contributed by atoms with E-state index in [-0.39, 0.29) is 22.4 Å². The number of carbonyl (C=O) groups excluding carboxylic acids is 1. The van der Waals surface area contributed by atoms with Crippen LogP contribution in [0.15, 0.2) is 41.3 Å². The summed E-state index contributed by atoms with van der Waals surface area (Å²) >= 11 is 0. The number of anilines is 1. The van der Waals surface area contributed by atoms with Crippen LogP contribution in [0.5, 0.6) is 0 Å². The van der Waals surface area contributed by atoms with Crippen molar-refractivity contribution < 1.29 is 31.9 Å². The number of nitrogens with one attached hydrogen (secondary N) is 2. The lowest BCUT2D eigenvalue weighted by molar-refractivity contribution is 0.0686. The topological polar surface area (TPSA) is 113 Å². The fourth-order valence-electron chi connectivity index (χ4n) is 2.33. The maximum atomic E-state index is 13.7. The highest BCUT2D eigenvalue weighted by Crippen LogP contribution is 2.23. The number of benzene rings is 2. The summed E-state index contributed by atoms with van der Waals surface area (Å²) in [6, 6.07) is 6.30. The zero-order valence-corrected chi connectivity index (χ0v) is 14.5. The van der Waals surface area contributed by atoms with Crippen LogP contribution in [0.1, 0.15) is 33.6 Å². The Hall–Kier alpha value is -3.01. The zero-order valence-electron chi connectivity index (χ0n) is 13.7. The van der Waals surface area contributed by atoms with E-state index < -0.39 is 38.9 Å². The van der Waals surface area contributed by atoms with Gasteiger partial charge in [-0.1, -0.05) is 0 Å². The zero-order chi connectivity index (χ0) is 19.8. The van der Waals surface area contributed by atoms with Gasteiger partial charge in [0.1, 0.15) is 17.2 Å². The number of hydrogen-bond donors (Lipinski definition) is 3. The molecule has 0 saturated heterocycles.